The van der Waals surface area contributed by atoms with Crippen molar-refractivity contribution >= 4 is 5.91 Å². The van der Waals surface area contributed by atoms with E-state index < -0.39 is 0 Å². The number of carbonyl (C=O) groups excluding carboxylic acids is 1. The minimum absolute atomic E-state index is 0.0352. The lowest BCUT2D eigenvalue weighted by atomic mass is 10.2. The molecule has 94 valence electrons. The molecule has 0 aliphatic heterocycles. The van der Waals surface area contributed by atoms with Gasteiger partial charge in [0.15, 0.2) is 6.61 Å². The number of rotatable bonds is 5. The third-order valence-corrected chi connectivity index (χ3v) is 2.54. The summed E-state index contributed by atoms with van der Waals surface area (Å²) in [6, 6.07) is 9.53. The van der Waals surface area contributed by atoms with E-state index in [0.29, 0.717) is 12.3 Å². The van der Waals surface area contributed by atoms with Gasteiger partial charge in [-0.15, -0.1) is 0 Å². The van der Waals surface area contributed by atoms with Crippen LogP contribution in [0.5, 0.6) is 5.75 Å². The number of carbonyl (C=O) groups is 1. The molecule has 0 saturated carbocycles. The van der Waals surface area contributed by atoms with Gasteiger partial charge in [0.2, 0.25) is 0 Å². The smallest absolute Gasteiger partial charge is 0.258 e. The second-order valence-electron chi connectivity index (χ2n) is 4.10. The first-order chi connectivity index (χ1) is 8.74. The maximum atomic E-state index is 11.5. The first-order valence-electron chi connectivity index (χ1n) is 5.82. The van der Waals surface area contributed by atoms with E-state index in [4.69, 9.17) is 4.74 Å². The SMILES string of the molecule is Cc1ccc(OCC(=O)NCc2cc[nH]c2)cc1. The van der Waals surface area contributed by atoms with Crippen LogP contribution in [-0.2, 0) is 11.3 Å². The largest absolute Gasteiger partial charge is 0.484 e. The van der Waals surface area contributed by atoms with Crippen molar-refractivity contribution in [1.82, 2.24) is 10.3 Å². The molecule has 2 rings (SSSR count). The summed E-state index contributed by atoms with van der Waals surface area (Å²) < 4.78 is 5.37. The van der Waals surface area contributed by atoms with Crippen molar-refractivity contribution in [3.05, 3.63) is 53.9 Å². The van der Waals surface area contributed by atoms with Gasteiger partial charge in [0.25, 0.3) is 5.91 Å². The van der Waals surface area contributed by atoms with Crippen LogP contribution in [0.1, 0.15) is 11.1 Å². The monoisotopic (exact) mass is 244 g/mol. The van der Waals surface area contributed by atoms with Crippen molar-refractivity contribution in [2.75, 3.05) is 6.61 Å². The Bertz CT molecular complexity index is 489. The van der Waals surface area contributed by atoms with Gasteiger partial charge in [0.1, 0.15) is 5.75 Å². The van der Waals surface area contributed by atoms with Crippen LogP contribution in [-0.4, -0.2) is 17.5 Å². The van der Waals surface area contributed by atoms with Crippen molar-refractivity contribution in [2.45, 2.75) is 13.5 Å². The number of nitrogens with one attached hydrogen (secondary N) is 2. The van der Waals surface area contributed by atoms with Crippen LogP contribution in [0.3, 0.4) is 0 Å². The van der Waals surface area contributed by atoms with Gasteiger partial charge in [-0.1, -0.05) is 17.7 Å². The van der Waals surface area contributed by atoms with E-state index in [1.54, 1.807) is 0 Å². The first kappa shape index (κ1) is 12.2. The molecule has 0 atom stereocenters. The van der Waals surface area contributed by atoms with Crippen LogP contribution in [0, 0.1) is 6.92 Å². The van der Waals surface area contributed by atoms with E-state index in [2.05, 4.69) is 10.3 Å². The van der Waals surface area contributed by atoms with Crippen LogP contribution in [0.15, 0.2) is 42.7 Å². The van der Waals surface area contributed by atoms with Gasteiger partial charge in [0.05, 0.1) is 0 Å². The molecule has 2 aromatic rings. The van der Waals surface area contributed by atoms with E-state index in [1.165, 1.54) is 5.56 Å². The molecular weight excluding hydrogens is 228 g/mol. The number of H-pyrrole nitrogens is 1. The second kappa shape index (κ2) is 5.91. The summed E-state index contributed by atoms with van der Waals surface area (Å²) in [5, 5.41) is 2.78. The molecule has 0 fully saturated rings. The molecule has 18 heavy (non-hydrogen) atoms. The number of hydrogen-bond acceptors (Lipinski definition) is 2. The summed E-state index contributed by atoms with van der Waals surface area (Å²) >= 11 is 0. The van der Waals surface area contributed by atoms with Crippen LogP contribution in [0.25, 0.3) is 0 Å². The van der Waals surface area contributed by atoms with Gasteiger partial charge in [0, 0.05) is 18.9 Å². The van der Waals surface area contributed by atoms with Crippen LogP contribution in [0.4, 0.5) is 0 Å². The third-order valence-electron chi connectivity index (χ3n) is 2.54. The van der Waals surface area contributed by atoms with Crippen molar-refractivity contribution in [3.63, 3.8) is 0 Å². The molecule has 0 spiro atoms. The Kier molecular flexibility index (Phi) is 4.02. The number of amides is 1. The van der Waals surface area contributed by atoms with Crippen molar-refractivity contribution in [3.8, 4) is 5.75 Å². The topological polar surface area (TPSA) is 54.1 Å². The van der Waals surface area contributed by atoms with Crippen molar-refractivity contribution in [1.29, 1.82) is 0 Å². The van der Waals surface area contributed by atoms with Gasteiger partial charge in [-0.05, 0) is 30.7 Å². The highest BCUT2D eigenvalue weighted by Gasteiger charge is 2.02. The average Bonchev–Trinajstić information content (AvgIpc) is 2.89. The van der Waals surface area contributed by atoms with Gasteiger partial charge in [-0.3, -0.25) is 4.79 Å². The van der Waals surface area contributed by atoms with E-state index in [-0.39, 0.29) is 12.5 Å². The Morgan fingerprint density at radius 2 is 2.06 bits per heavy atom. The lowest BCUT2D eigenvalue weighted by Crippen LogP contribution is -2.28. The quantitative estimate of drug-likeness (QED) is 0.845. The van der Waals surface area contributed by atoms with Crippen molar-refractivity contribution < 1.29 is 9.53 Å². The normalized spacial score (nSPS) is 10.1. The molecule has 4 heteroatoms. The second-order valence-corrected chi connectivity index (χ2v) is 4.10. The van der Waals surface area contributed by atoms with Crippen molar-refractivity contribution in [2.24, 2.45) is 0 Å². The molecule has 0 aliphatic rings. The fourth-order valence-corrected chi connectivity index (χ4v) is 1.50. The molecular formula is C14H16N2O2. The number of aryl methyl sites for hydroxylation is 1. The lowest BCUT2D eigenvalue weighted by Gasteiger charge is -2.07. The molecule has 0 bridgehead atoms. The van der Waals surface area contributed by atoms with E-state index >= 15 is 0 Å². The van der Waals surface area contributed by atoms with Gasteiger partial charge < -0.3 is 15.0 Å². The summed E-state index contributed by atoms with van der Waals surface area (Å²) in [5.74, 6) is 0.578. The minimum Gasteiger partial charge on any atom is -0.484 e. The summed E-state index contributed by atoms with van der Waals surface area (Å²) in [6.45, 7) is 2.56. The predicted octanol–water partition coefficient (Wildman–Crippen LogP) is 2.02. The number of ether oxygens (including phenoxy) is 1. The molecule has 1 aromatic carbocycles. The Labute approximate surface area is 106 Å². The van der Waals surface area contributed by atoms with Crippen LogP contribution < -0.4 is 10.1 Å². The molecule has 0 saturated heterocycles. The van der Waals surface area contributed by atoms with Crippen LogP contribution >= 0.6 is 0 Å². The van der Waals surface area contributed by atoms with E-state index in [1.807, 2.05) is 49.6 Å². The molecule has 4 nitrogen and oxygen atoms in total. The number of aromatic nitrogens is 1. The van der Waals surface area contributed by atoms with E-state index in [9.17, 15) is 4.79 Å². The summed E-state index contributed by atoms with van der Waals surface area (Å²) in [6.07, 6.45) is 3.67. The van der Waals surface area contributed by atoms with E-state index in [0.717, 1.165) is 5.56 Å². The molecule has 2 N–H and O–H groups in total. The lowest BCUT2D eigenvalue weighted by molar-refractivity contribution is -0.123. The Morgan fingerprint density at radius 3 is 2.72 bits per heavy atom. The fraction of sp³-hybridized carbons (Fsp3) is 0.214. The molecule has 0 aliphatic carbocycles. The standard InChI is InChI=1S/C14H16N2O2/c1-11-2-4-13(5-3-11)18-10-14(17)16-9-12-6-7-15-8-12/h2-8,15H,9-10H2,1H3,(H,16,17). The zero-order valence-electron chi connectivity index (χ0n) is 10.3. The predicted molar refractivity (Wildman–Crippen MR) is 69.3 cm³/mol. The Balaban J connectivity index is 1.73. The Hall–Kier alpha value is -2.23. The van der Waals surface area contributed by atoms with Gasteiger partial charge >= 0.3 is 0 Å². The first-order valence-corrected chi connectivity index (χ1v) is 5.82. The fourth-order valence-electron chi connectivity index (χ4n) is 1.50. The molecule has 0 unspecified atom stereocenters. The molecule has 1 heterocycles. The maximum absolute atomic E-state index is 11.5. The third kappa shape index (κ3) is 3.66. The highest BCUT2D eigenvalue weighted by molar-refractivity contribution is 5.77. The summed E-state index contributed by atoms with van der Waals surface area (Å²) in [7, 11) is 0. The zero-order chi connectivity index (χ0) is 12.8. The zero-order valence-corrected chi connectivity index (χ0v) is 10.3. The number of aromatic amines is 1. The highest BCUT2D eigenvalue weighted by Crippen LogP contribution is 2.10. The minimum atomic E-state index is -0.128. The van der Waals surface area contributed by atoms with Gasteiger partial charge in [-0.2, -0.15) is 0 Å². The summed E-state index contributed by atoms with van der Waals surface area (Å²) in [4.78, 5) is 14.5. The average molecular weight is 244 g/mol. The Morgan fingerprint density at radius 1 is 1.28 bits per heavy atom. The highest BCUT2D eigenvalue weighted by atomic mass is 16.5. The number of benzene rings is 1. The molecule has 1 amide bonds. The van der Waals surface area contributed by atoms with Crippen LogP contribution in [0.2, 0.25) is 0 Å². The summed E-state index contributed by atoms with van der Waals surface area (Å²) in [5.41, 5.74) is 2.21. The maximum Gasteiger partial charge on any atom is 0.258 e. The molecule has 0 radical (unpaired) electrons. The van der Waals surface area contributed by atoms with Gasteiger partial charge in [-0.25, -0.2) is 0 Å². The number of hydrogen-bond donors (Lipinski definition) is 2. The molecule has 1 aromatic heterocycles.